The highest BCUT2D eigenvalue weighted by molar-refractivity contribution is 5.99. The number of nitrogens with zero attached hydrogens (tertiary/aromatic N) is 4. The number of hydrogen-bond donors (Lipinski definition) is 0. The summed E-state index contributed by atoms with van der Waals surface area (Å²) in [6, 6.07) is 77.0. The van der Waals surface area contributed by atoms with Crippen LogP contribution >= 0.6 is 0 Å². The van der Waals surface area contributed by atoms with Gasteiger partial charge in [0.15, 0.2) is 0 Å². The summed E-state index contributed by atoms with van der Waals surface area (Å²) in [6.07, 6.45) is 13.0. The van der Waals surface area contributed by atoms with Gasteiger partial charge in [0.1, 0.15) is 11.6 Å². The monoisotopic (exact) mass is 1120 g/mol. The summed E-state index contributed by atoms with van der Waals surface area (Å²) in [7, 11) is 0. The first-order chi connectivity index (χ1) is 42.0. The number of pyridine rings is 2. The molecule has 87 heavy (non-hydrogen) atoms. The highest BCUT2D eigenvalue weighted by atomic mass is 15.2. The molecule has 0 spiro atoms. The minimum Gasteiger partial charge on any atom is -0.295 e. The van der Waals surface area contributed by atoms with Crippen LogP contribution in [0.25, 0.3) is 79.2 Å². The van der Waals surface area contributed by atoms with Gasteiger partial charge in [-0.3, -0.25) is 9.80 Å². The van der Waals surface area contributed by atoms with Gasteiger partial charge >= 0.3 is 0 Å². The highest BCUT2D eigenvalue weighted by Crippen LogP contribution is 2.54. The van der Waals surface area contributed by atoms with Crippen molar-refractivity contribution in [2.45, 2.75) is 85.5 Å². The molecule has 4 nitrogen and oxygen atoms in total. The number of rotatable bonds is 10. The number of hydrogen-bond acceptors (Lipinski definition) is 4. The van der Waals surface area contributed by atoms with Crippen LogP contribution in [0.2, 0.25) is 0 Å². The van der Waals surface area contributed by atoms with E-state index in [2.05, 4.69) is 310 Å². The van der Waals surface area contributed by atoms with Crippen LogP contribution in [0.5, 0.6) is 0 Å². The van der Waals surface area contributed by atoms with Crippen LogP contribution < -0.4 is 9.80 Å². The van der Waals surface area contributed by atoms with E-state index in [1.165, 1.54) is 122 Å². The van der Waals surface area contributed by atoms with Gasteiger partial charge in [-0.05, 0) is 210 Å². The first-order valence-electron chi connectivity index (χ1n) is 30.7. The van der Waals surface area contributed by atoms with Gasteiger partial charge < -0.3 is 0 Å². The molecular weight excluding hydrogens is 1050 g/mol. The lowest BCUT2D eigenvalue weighted by Crippen LogP contribution is -2.17. The molecule has 0 saturated heterocycles. The summed E-state index contributed by atoms with van der Waals surface area (Å²) in [4.78, 5) is 14.8. The summed E-state index contributed by atoms with van der Waals surface area (Å²) in [5, 5.41) is 4.59. The van der Waals surface area contributed by atoms with E-state index in [0.29, 0.717) is 0 Å². The van der Waals surface area contributed by atoms with E-state index in [0.717, 1.165) is 45.2 Å². The van der Waals surface area contributed by atoms with Crippen LogP contribution in [-0.2, 0) is 16.2 Å². The van der Waals surface area contributed by atoms with Crippen molar-refractivity contribution in [1.29, 1.82) is 0 Å². The Morgan fingerprint density at radius 1 is 0.287 bits per heavy atom. The lowest BCUT2D eigenvalue weighted by atomic mass is 9.81. The molecule has 0 N–H and O–H groups in total. The Bertz CT molecular complexity index is 4550. The average molecular weight is 1120 g/mol. The number of fused-ring (bicyclic) bond motifs is 11. The molecule has 3 aliphatic rings. The zero-order chi connectivity index (χ0) is 59.7. The third kappa shape index (κ3) is 8.95. The van der Waals surface area contributed by atoms with E-state index in [1.54, 1.807) is 0 Å². The Morgan fingerprint density at radius 2 is 0.575 bits per heavy atom. The van der Waals surface area contributed by atoms with Gasteiger partial charge in [0, 0.05) is 62.2 Å². The smallest absolute Gasteiger partial charge is 0.145 e. The van der Waals surface area contributed by atoms with Crippen molar-refractivity contribution >= 4 is 80.2 Å². The van der Waals surface area contributed by atoms with Crippen molar-refractivity contribution in [1.82, 2.24) is 9.97 Å². The molecule has 2 heterocycles. The zero-order valence-electron chi connectivity index (χ0n) is 51.4. The Kier molecular flexibility index (Phi) is 12.4. The van der Waals surface area contributed by atoms with Crippen molar-refractivity contribution in [3.05, 3.63) is 297 Å². The first kappa shape index (κ1) is 53.8. The maximum atomic E-state index is 5.06. The lowest BCUT2D eigenvalue weighted by molar-refractivity contribution is 0.660. The SMILES string of the molecule is Cc1cc(C)cc(N(c2ccc3c(c2)C(C)(C)c2cc(C=Cc4ccc5c(c4)C(C)(C)c4cc(C=Cc6ccc7c(c6)C(C)(C)c6cc(N(c8cc(C)cc(C)c8)c8nccc9ccccc89)ccc6-7)ccc4-5)ccc2-3)c2nccc3ccccc23)c1. The largest absolute Gasteiger partial charge is 0.295 e. The number of aryl methyl sites for hydroxylation is 4. The molecule has 3 aliphatic carbocycles. The second-order valence-electron chi connectivity index (χ2n) is 26.3. The second-order valence-corrected chi connectivity index (χ2v) is 26.3. The molecule has 12 aromatic rings. The number of anilines is 6. The van der Waals surface area contributed by atoms with E-state index in [4.69, 9.17) is 9.97 Å². The number of aromatic nitrogens is 2. The van der Waals surface area contributed by atoms with Gasteiger partial charge in [-0.25, -0.2) is 9.97 Å². The molecule has 10 aromatic carbocycles. The van der Waals surface area contributed by atoms with E-state index in [-0.39, 0.29) is 16.2 Å². The van der Waals surface area contributed by atoms with E-state index in [1.807, 2.05) is 12.4 Å². The highest BCUT2D eigenvalue weighted by Gasteiger charge is 2.39. The summed E-state index contributed by atoms with van der Waals surface area (Å²) >= 11 is 0. The normalized spacial score (nSPS) is 14.5. The predicted molar refractivity (Wildman–Crippen MR) is 369 cm³/mol. The number of benzene rings is 10. The Labute approximate surface area is 512 Å². The zero-order valence-corrected chi connectivity index (χ0v) is 51.4. The van der Waals surface area contributed by atoms with Gasteiger partial charge in [-0.15, -0.1) is 0 Å². The van der Waals surface area contributed by atoms with Gasteiger partial charge in [0.2, 0.25) is 0 Å². The van der Waals surface area contributed by atoms with Gasteiger partial charge in [-0.2, -0.15) is 0 Å². The Morgan fingerprint density at radius 3 is 0.897 bits per heavy atom. The van der Waals surface area contributed by atoms with Crippen molar-refractivity contribution in [3.63, 3.8) is 0 Å². The quantitative estimate of drug-likeness (QED) is 0.128. The van der Waals surface area contributed by atoms with Gasteiger partial charge in [0.05, 0.1) is 0 Å². The molecule has 0 fully saturated rings. The maximum absolute atomic E-state index is 5.06. The summed E-state index contributed by atoms with van der Waals surface area (Å²) < 4.78 is 0. The molecule has 15 rings (SSSR count). The Balaban J connectivity index is 0.676. The van der Waals surface area contributed by atoms with Crippen LogP contribution in [0.4, 0.5) is 34.4 Å². The molecule has 0 atom stereocenters. The molecule has 422 valence electrons. The van der Waals surface area contributed by atoms with Crippen LogP contribution in [0.3, 0.4) is 0 Å². The summed E-state index contributed by atoms with van der Waals surface area (Å²) in [5.74, 6) is 1.86. The second kappa shape index (κ2) is 20.1. The third-order valence-electron chi connectivity index (χ3n) is 19.2. The molecule has 2 aromatic heterocycles. The van der Waals surface area contributed by atoms with E-state index < -0.39 is 0 Å². The fourth-order valence-electron chi connectivity index (χ4n) is 14.8. The Hall–Kier alpha value is -9.90. The molecule has 0 radical (unpaired) electrons. The lowest BCUT2D eigenvalue weighted by Gasteiger charge is -2.28. The van der Waals surface area contributed by atoms with Gasteiger partial charge in [0.25, 0.3) is 0 Å². The molecule has 0 aliphatic heterocycles. The maximum Gasteiger partial charge on any atom is 0.145 e. The van der Waals surface area contributed by atoms with Crippen LogP contribution in [0.15, 0.2) is 219 Å². The van der Waals surface area contributed by atoms with Crippen LogP contribution in [0, 0.1) is 27.7 Å². The third-order valence-corrected chi connectivity index (χ3v) is 19.2. The predicted octanol–water partition coefficient (Wildman–Crippen LogP) is 22.2. The fraction of sp³-hybridized carbons (Fsp3) is 0.157. The van der Waals surface area contributed by atoms with Crippen molar-refractivity contribution in [2.24, 2.45) is 0 Å². The van der Waals surface area contributed by atoms with Gasteiger partial charge in [-0.1, -0.05) is 211 Å². The minimum absolute atomic E-state index is 0.169. The fourth-order valence-corrected chi connectivity index (χ4v) is 14.8. The van der Waals surface area contributed by atoms with E-state index >= 15 is 0 Å². The molecule has 0 amide bonds. The first-order valence-corrected chi connectivity index (χ1v) is 30.7. The van der Waals surface area contributed by atoms with Crippen molar-refractivity contribution < 1.29 is 0 Å². The minimum atomic E-state index is -0.221. The van der Waals surface area contributed by atoms with Crippen molar-refractivity contribution in [3.8, 4) is 33.4 Å². The topological polar surface area (TPSA) is 32.3 Å². The summed E-state index contributed by atoms with van der Waals surface area (Å²) in [5.41, 5.74) is 29.4. The van der Waals surface area contributed by atoms with Crippen LogP contribution in [0.1, 0.15) is 119 Å². The molecule has 0 bridgehead atoms. The van der Waals surface area contributed by atoms with Crippen molar-refractivity contribution in [2.75, 3.05) is 9.80 Å². The van der Waals surface area contributed by atoms with Crippen LogP contribution in [-0.4, -0.2) is 9.97 Å². The summed E-state index contributed by atoms with van der Waals surface area (Å²) in [6.45, 7) is 23.0. The average Bonchev–Trinajstić information content (AvgIpc) is 1.64. The molecular formula is C83H70N4. The van der Waals surface area contributed by atoms with E-state index in [9.17, 15) is 0 Å². The standard InChI is InChI=1S/C83H70N4/c1-51-39-52(2)42-63(41-51)86(79-65-17-13-11-15-59(65)35-37-84-79)61-27-33-71-69-31-25-57(47-75(69)82(7,8)77(71)49-61)21-19-55-23-29-67-68-30-24-56(46-74(68)81(5,6)73(67)45-55)20-22-58-26-32-70-72-34-28-62(50-78(72)83(9,10)76(70)48-58)87(64-43-53(3)40-54(4)44-64)80-66-18-14-12-16-60(66)36-38-85-80/h11-50H,1-10H3. The molecule has 0 unspecified atom stereocenters. The molecule has 4 heteroatoms. The molecule has 0 saturated carbocycles.